The van der Waals surface area contributed by atoms with E-state index in [-0.39, 0.29) is 22.8 Å². The molecule has 0 N–H and O–H groups in total. The number of anilines is 1. The molecule has 1 amide bonds. The van der Waals surface area contributed by atoms with E-state index in [4.69, 9.17) is 11.6 Å². The lowest BCUT2D eigenvalue weighted by atomic mass is 10.0. The summed E-state index contributed by atoms with van der Waals surface area (Å²) in [5.41, 5.74) is 0.925. The standard InChI is InChI=1S/C23H20ClFN4O3S3/c24-19-9-10-20(34-19)35(31,32)29-12-2-1-7-17(29)22(30)28(14-15-5-4-11-26-13-15)23-27-21-16(25)6-3-8-18(21)33-23/h3-6,8-11,13,17H,1-2,7,12,14H2. The number of benzene rings is 1. The maximum Gasteiger partial charge on any atom is 0.253 e. The molecule has 12 heteroatoms. The van der Waals surface area contributed by atoms with Crippen LogP contribution in [0.4, 0.5) is 9.52 Å². The normalized spacial score (nSPS) is 17.0. The molecule has 1 aromatic carbocycles. The van der Waals surface area contributed by atoms with Crippen LogP contribution in [0.25, 0.3) is 10.2 Å². The van der Waals surface area contributed by atoms with Crippen molar-refractivity contribution >= 4 is 65.6 Å². The molecule has 7 nitrogen and oxygen atoms in total. The van der Waals surface area contributed by atoms with E-state index < -0.39 is 27.8 Å². The number of fused-ring (bicyclic) bond motifs is 1. The molecule has 35 heavy (non-hydrogen) atoms. The topological polar surface area (TPSA) is 83.5 Å². The highest BCUT2D eigenvalue weighted by atomic mass is 35.5. The van der Waals surface area contributed by atoms with Crippen molar-refractivity contribution in [3.63, 3.8) is 0 Å². The van der Waals surface area contributed by atoms with E-state index in [1.165, 1.54) is 38.7 Å². The molecule has 0 bridgehead atoms. The van der Waals surface area contributed by atoms with E-state index in [9.17, 15) is 17.6 Å². The third-order valence-electron chi connectivity index (χ3n) is 5.77. The fourth-order valence-electron chi connectivity index (χ4n) is 4.10. The second-order valence-electron chi connectivity index (χ2n) is 8.05. The zero-order chi connectivity index (χ0) is 24.6. The van der Waals surface area contributed by atoms with Crippen LogP contribution in [0.3, 0.4) is 0 Å². The maximum atomic E-state index is 14.4. The monoisotopic (exact) mass is 550 g/mol. The summed E-state index contributed by atoms with van der Waals surface area (Å²) in [5.74, 6) is -0.880. The number of thiophene rings is 1. The van der Waals surface area contributed by atoms with Crippen LogP contribution in [-0.4, -0.2) is 41.2 Å². The minimum absolute atomic E-state index is 0.100. The van der Waals surface area contributed by atoms with Gasteiger partial charge in [-0.1, -0.05) is 41.5 Å². The number of pyridine rings is 1. The molecule has 0 spiro atoms. The Labute approximate surface area is 214 Å². The fraction of sp³-hybridized carbons (Fsp3) is 0.261. The van der Waals surface area contributed by atoms with Crippen LogP contribution in [0.1, 0.15) is 24.8 Å². The number of carbonyl (C=O) groups excluding carboxylic acids is 1. The summed E-state index contributed by atoms with van der Waals surface area (Å²) in [6, 6.07) is 10.3. The average Bonchev–Trinajstić information content (AvgIpc) is 3.50. The summed E-state index contributed by atoms with van der Waals surface area (Å²) >= 11 is 8.15. The highest BCUT2D eigenvalue weighted by Gasteiger charge is 2.41. The minimum Gasteiger partial charge on any atom is -0.282 e. The first-order valence-corrected chi connectivity index (χ1v) is 14.3. The predicted molar refractivity (Wildman–Crippen MR) is 136 cm³/mol. The van der Waals surface area contributed by atoms with Crippen LogP contribution in [0.5, 0.6) is 0 Å². The number of nitrogens with zero attached hydrogens (tertiary/aromatic N) is 4. The number of amides is 1. The van der Waals surface area contributed by atoms with Gasteiger partial charge in [-0.2, -0.15) is 4.31 Å². The molecule has 1 atom stereocenters. The summed E-state index contributed by atoms with van der Waals surface area (Å²) in [5, 5.41) is 0.307. The Morgan fingerprint density at radius 3 is 2.74 bits per heavy atom. The van der Waals surface area contributed by atoms with Crippen molar-refractivity contribution in [2.75, 3.05) is 11.4 Å². The zero-order valence-corrected chi connectivity index (χ0v) is 21.5. The number of rotatable bonds is 6. The van der Waals surface area contributed by atoms with Gasteiger partial charge in [0.05, 0.1) is 15.6 Å². The van der Waals surface area contributed by atoms with Crippen molar-refractivity contribution in [1.29, 1.82) is 0 Å². The number of carbonyl (C=O) groups is 1. The Bertz CT molecular complexity index is 1480. The molecular weight excluding hydrogens is 531 g/mol. The van der Waals surface area contributed by atoms with E-state index in [0.29, 0.717) is 33.4 Å². The molecule has 1 fully saturated rings. The Morgan fingerprint density at radius 2 is 2.03 bits per heavy atom. The fourth-order valence-corrected chi connectivity index (χ4v) is 8.35. The highest BCUT2D eigenvalue weighted by Crippen LogP contribution is 2.35. The van der Waals surface area contributed by atoms with Crippen molar-refractivity contribution < 1.29 is 17.6 Å². The van der Waals surface area contributed by atoms with Crippen LogP contribution in [0.15, 0.2) is 59.1 Å². The quantitative estimate of drug-likeness (QED) is 0.324. The van der Waals surface area contributed by atoms with Gasteiger partial charge in [0.15, 0.2) is 5.13 Å². The van der Waals surface area contributed by atoms with Gasteiger partial charge < -0.3 is 0 Å². The summed E-state index contributed by atoms with van der Waals surface area (Å²) in [4.78, 5) is 24.0. The molecule has 0 aliphatic carbocycles. The van der Waals surface area contributed by atoms with Crippen LogP contribution in [-0.2, 0) is 21.4 Å². The van der Waals surface area contributed by atoms with Gasteiger partial charge in [-0.25, -0.2) is 17.8 Å². The predicted octanol–water partition coefficient (Wildman–Crippen LogP) is 5.32. The van der Waals surface area contributed by atoms with Gasteiger partial charge in [0, 0.05) is 18.9 Å². The van der Waals surface area contributed by atoms with Gasteiger partial charge in [0.1, 0.15) is 21.6 Å². The Morgan fingerprint density at radius 1 is 1.17 bits per heavy atom. The van der Waals surface area contributed by atoms with Crippen LogP contribution < -0.4 is 4.90 Å². The first-order chi connectivity index (χ1) is 16.8. The third-order valence-corrected chi connectivity index (χ3v) is 10.4. The van der Waals surface area contributed by atoms with Crippen LogP contribution >= 0.6 is 34.3 Å². The number of sulfonamides is 1. The van der Waals surface area contributed by atoms with Crippen molar-refractivity contribution in [3.8, 4) is 0 Å². The molecule has 1 saturated heterocycles. The number of hydrogen-bond donors (Lipinski definition) is 0. The summed E-state index contributed by atoms with van der Waals surface area (Å²) in [7, 11) is -3.92. The molecule has 1 aliphatic heterocycles. The lowest BCUT2D eigenvalue weighted by molar-refractivity contribution is -0.123. The lowest BCUT2D eigenvalue weighted by Gasteiger charge is -2.35. The molecule has 1 aliphatic rings. The number of aromatic nitrogens is 2. The van der Waals surface area contributed by atoms with E-state index in [0.717, 1.165) is 16.9 Å². The van der Waals surface area contributed by atoms with E-state index in [1.54, 1.807) is 30.6 Å². The van der Waals surface area contributed by atoms with Crippen molar-refractivity contribution in [1.82, 2.24) is 14.3 Å². The van der Waals surface area contributed by atoms with Gasteiger partial charge in [0.25, 0.3) is 10.0 Å². The van der Waals surface area contributed by atoms with Crippen LogP contribution in [0, 0.1) is 5.82 Å². The van der Waals surface area contributed by atoms with Crippen molar-refractivity contribution in [3.05, 3.63) is 70.6 Å². The van der Waals surface area contributed by atoms with E-state index in [2.05, 4.69) is 9.97 Å². The molecule has 0 saturated carbocycles. The average molecular weight is 551 g/mol. The Hall–Kier alpha value is -2.44. The number of thiazole rings is 1. The van der Waals surface area contributed by atoms with Gasteiger partial charge in [-0.15, -0.1) is 11.3 Å². The first kappa shape index (κ1) is 24.3. The second kappa shape index (κ2) is 9.90. The molecule has 0 radical (unpaired) electrons. The number of para-hydroxylation sites is 1. The summed E-state index contributed by atoms with van der Waals surface area (Å²) in [6.07, 6.45) is 5.00. The number of hydrogen-bond acceptors (Lipinski definition) is 7. The van der Waals surface area contributed by atoms with Gasteiger partial charge in [-0.05, 0) is 48.7 Å². The Kier molecular flexibility index (Phi) is 6.86. The molecule has 4 aromatic rings. The molecular formula is C23H20ClFN4O3S3. The SMILES string of the molecule is O=C(C1CCCCN1S(=O)(=O)c1ccc(Cl)s1)N(Cc1cccnc1)c1nc2c(F)cccc2s1. The smallest absolute Gasteiger partial charge is 0.253 e. The first-order valence-electron chi connectivity index (χ1n) is 10.9. The van der Waals surface area contributed by atoms with Crippen molar-refractivity contribution in [2.45, 2.75) is 36.1 Å². The molecule has 4 heterocycles. The maximum absolute atomic E-state index is 14.4. The zero-order valence-electron chi connectivity index (χ0n) is 18.3. The van der Waals surface area contributed by atoms with Crippen LogP contribution in [0.2, 0.25) is 4.34 Å². The highest BCUT2D eigenvalue weighted by molar-refractivity contribution is 7.91. The van der Waals surface area contributed by atoms with Gasteiger partial charge in [0.2, 0.25) is 5.91 Å². The van der Waals surface area contributed by atoms with Gasteiger partial charge in [-0.3, -0.25) is 14.7 Å². The Balaban J connectivity index is 1.55. The lowest BCUT2D eigenvalue weighted by Crippen LogP contribution is -2.52. The minimum atomic E-state index is -3.92. The molecule has 3 aromatic heterocycles. The molecule has 1 unspecified atom stereocenters. The van der Waals surface area contributed by atoms with E-state index >= 15 is 0 Å². The number of halogens is 2. The molecule has 5 rings (SSSR count). The molecule has 182 valence electrons. The summed E-state index contributed by atoms with van der Waals surface area (Å²) < 4.78 is 43.6. The second-order valence-corrected chi connectivity index (χ2v) is 12.9. The van der Waals surface area contributed by atoms with Crippen molar-refractivity contribution in [2.24, 2.45) is 0 Å². The van der Waals surface area contributed by atoms with E-state index in [1.807, 2.05) is 6.07 Å². The number of piperidine rings is 1. The third kappa shape index (κ3) is 4.83. The largest absolute Gasteiger partial charge is 0.282 e. The summed E-state index contributed by atoms with van der Waals surface area (Å²) in [6.45, 7) is 0.354. The van der Waals surface area contributed by atoms with Gasteiger partial charge >= 0.3 is 0 Å².